The summed E-state index contributed by atoms with van der Waals surface area (Å²) in [6.45, 7) is 4.06. The molecule has 2 heterocycles. The van der Waals surface area contributed by atoms with E-state index < -0.39 is 5.97 Å². The second-order valence-corrected chi connectivity index (χ2v) is 4.62. The van der Waals surface area contributed by atoms with Crippen molar-refractivity contribution in [3.05, 3.63) is 47.5 Å². The first kappa shape index (κ1) is 12.3. The highest BCUT2D eigenvalue weighted by atomic mass is 16.4. The zero-order valence-electron chi connectivity index (χ0n) is 11.0. The number of aromatic nitrogens is 4. The number of aromatic carboxylic acids is 1. The molecule has 0 spiro atoms. The minimum atomic E-state index is -1.04. The highest BCUT2D eigenvalue weighted by Gasteiger charge is 2.10. The Morgan fingerprint density at radius 1 is 1.10 bits per heavy atom. The number of carboxylic acids is 1. The van der Waals surface area contributed by atoms with Gasteiger partial charge in [-0.1, -0.05) is 0 Å². The lowest BCUT2D eigenvalue weighted by atomic mass is 10.1. The van der Waals surface area contributed by atoms with Crippen LogP contribution in [-0.2, 0) is 0 Å². The van der Waals surface area contributed by atoms with Crippen LogP contribution in [0.5, 0.6) is 0 Å². The number of carboxylic acid groups (broad SMARTS) is 1. The molecule has 6 heteroatoms. The van der Waals surface area contributed by atoms with Crippen LogP contribution in [0.2, 0.25) is 0 Å². The Labute approximate surface area is 114 Å². The molecule has 100 valence electrons. The number of hydrogen-bond donors (Lipinski definition) is 1. The van der Waals surface area contributed by atoms with Crippen LogP contribution in [0.1, 0.15) is 21.5 Å². The van der Waals surface area contributed by atoms with Crippen LogP contribution < -0.4 is 0 Å². The number of carbonyl (C=O) groups is 1. The van der Waals surface area contributed by atoms with E-state index in [0.29, 0.717) is 5.95 Å². The quantitative estimate of drug-likeness (QED) is 0.770. The molecule has 3 aromatic rings. The fourth-order valence-electron chi connectivity index (χ4n) is 1.98. The first-order chi connectivity index (χ1) is 9.56. The zero-order chi connectivity index (χ0) is 14.3. The molecule has 0 fully saturated rings. The highest BCUT2D eigenvalue weighted by Crippen LogP contribution is 2.20. The smallest absolute Gasteiger partial charge is 0.338 e. The van der Waals surface area contributed by atoms with Gasteiger partial charge in [0.25, 0.3) is 0 Å². The molecule has 0 aliphatic carbocycles. The summed E-state index contributed by atoms with van der Waals surface area (Å²) in [6, 6.07) is 4.03. The molecule has 20 heavy (non-hydrogen) atoms. The monoisotopic (exact) mass is 268 g/mol. The van der Waals surface area contributed by atoms with Crippen LogP contribution in [0, 0.1) is 13.8 Å². The molecule has 0 aliphatic rings. The van der Waals surface area contributed by atoms with Crippen molar-refractivity contribution in [2.24, 2.45) is 0 Å². The summed E-state index contributed by atoms with van der Waals surface area (Å²) in [5.74, 6) is -0.640. The Bertz CT molecular complexity index is 806. The van der Waals surface area contributed by atoms with Gasteiger partial charge in [0.1, 0.15) is 6.33 Å². The maximum atomic E-state index is 10.8. The number of fused-ring (bicyclic) bond motifs is 1. The Kier molecular flexibility index (Phi) is 2.71. The van der Waals surface area contributed by atoms with Crippen LogP contribution in [0.4, 0.5) is 0 Å². The minimum Gasteiger partial charge on any atom is -0.478 e. The van der Waals surface area contributed by atoms with Gasteiger partial charge in [-0.15, -0.1) is 0 Å². The summed E-state index contributed by atoms with van der Waals surface area (Å²) in [5.41, 5.74) is 4.15. The van der Waals surface area contributed by atoms with Crippen LogP contribution >= 0.6 is 0 Å². The van der Waals surface area contributed by atoms with Crippen molar-refractivity contribution in [1.29, 1.82) is 0 Å². The molecule has 0 radical (unpaired) electrons. The van der Waals surface area contributed by atoms with Gasteiger partial charge in [0.15, 0.2) is 0 Å². The summed E-state index contributed by atoms with van der Waals surface area (Å²) >= 11 is 0. The van der Waals surface area contributed by atoms with Crippen molar-refractivity contribution in [2.75, 3.05) is 0 Å². The molecule has 1 aromatic carbocycles. The number of nitrogens with zero attached hydrogens (tertiary/aromatic N) is 4. The van der Waals surface area contributed by atoms with E-state index in [0.717, 1.165) is 16.6 Å². The number of rotatable bonds is 2. The van der Waals surface area contributed by atoms with Gasteiger partial charge in [-0.3, -0.25) is 4.57 Å². The van der Waals surface area contributed by atoms with Gasteiger partial charge in [0.05, 0.1) is 16.6 Å². The molecular formula is C14H12N4O2. The van der Waals surface area contributed by atoms with Gasteiger partial charge in [0, 0.05) is 12.4 Å². The summed E-state index contributed by atoms with van der Waals surface area (Å²) in [4.78, 5) is 23.3. The van der Waals surface area contributed by atoms with Crippen molar-refractivity contribution in [1.82, 2.24) is 19.5 Å². The van der Waals surface area contributed by atoms with E-state index in [1.807, 2.05) is 26.0 Å². The molecule has 0 unspecified atom stereocenters. The van der Waals surface area contributed by atoms with E-state index >= 15 is 0 Å². The van der Waals surface area contributed by atoms with Crippen molar-refractivity contribution in [2.45, 2.75) is 13.8 Å². The van der Waals surface area contributed by atoms with Crippen molar-refractivity contribution < 1.29 is 9.90 Å². The van der Waals surface area contributed by atoms with Crippen LogP contribution in [0.25, 0.3) is 17.0 Å². The van der Waals surface area contributed by atoms with E-state index in [4.69, 9.17) is 5.11 Å². The zero-order valence-corrected chi connectivity index (χ0v) is 11.0. The van der Waals surface area contributed by atoms with Crippen LogP contribution in [0.15, 0.2) is 30.9 Å². The standard InChI is InChI=1S/C14H12N4O2/c1-8-3-11-12(4-9(8)2)18(7-17-11)14-15-5-10(6-16-14)13(19)20/h3-7H,1-2H3,(H,19,20). The molecule has 0 amide bonds. The second kappa shape index (κ2) is 4.41. The molecule has 0 atom stereocenters. The van der Waals surface area contributed by atoms with E-state index in [1.54, 1.807) is 10.9 Å². The number of benzene rings is 1. The largest absolute Gasteiger partial charge is 0.478 e. The topological polar surface area (TPSA) is 80.9 Å². The van der Waals surface area contributed by atoms with Gasteiger partial charge in [0.2, 0.25) is 5.95 Å². The first-order valence-corrected chi connectivity index (χ1v) is 6.06. The predicted octanol–water partition coefficient (Wildman–Crippen LogP) is 2.13. The van der Waals surface area contributed by atoms with Gasteiger partial charge in [-0.25, -0.2) is 19.7 Å². The lowest BCUT2D eigenvalue weighted by Gasteiger charge is -2.04. The van der Waals surface area contributed by atoms with Crippen molar-refractivity contribution >= 4 is 17.0 Å². The van der Waals surface area contributed by atoms with Crippen LogP contribution in [-0.4, -0.2) is 30.6 Å². The average molecular weight is 268 g/mol. The van der Waals surface area contributed by atoms with E-state index in [-0.39, 0.29) is 5.56 Å². The van der Waals surface area contributed by atoms with Gasteiger partial charge < -0.3 is 5.11 Å². The summed E-state index contributed by atoms with van der Waals surface area (Å²) in [6.07, 6.45) is 4.22. The molecule has 0 aliphatic heterocycles. The molecule has 0 saturated carbocycles. The molecule has 2 aromatic heterocycles. The second-order valence-electron chi connectivity index (χ2n) is 4.62. The van der Waals surface area contributed by atoms with E-state index in [9.17, 15) is 4.79 Å². The van der Waals surface area contributed by atoms with Crippen LogP contribution in [0.3, 0.4) is 0 Å². The predicted molar refractivity (Wildman–Crippen MR) is 73.1 cm³/mol. The fraction of sp³-hybridized carbons (Fsp3) is 0.143. The molecule has 6 nitrogen and oxygen atoms in total. The van der Waals surface area contributed by atoms with Crippen molar-refractivity contribution in [3.8, 4) is 5.95 Å². The fourth-order valence-corrected chi connectivity index (χ4v) is 1.98. The summed E-state index contributed by atoms with van der Waals surface area (Å²) < 4.78 is 1.74. The number of imidazole rings is 1. The Balaban J connectivity index is 2.14. The van der Waals surface area contributed by atoms with Gasteiger partial charge in [-0.2, -0.15) is 0 Å². The molecular weight excluding hydrogens is 256 g/mol. The van der Waals surface area contributed by atoms with Gasteiger partial charge in [-0.05, 0) is 37.1 Å². The molecule has 3 rings (SSSR count). The Morgan fingerprint density at radius 2 is 1.75 bits per heavy atom. The lowest BCUT2D eigenvalue weighted by molar-refractivity contribution is 0.0696. The summed E-state index contributed by atoms with van der Waals surface area (Å²) in [5, 5.41) is 8.85. The highest BCUT2D eigenvalue weighted by molar-refractivity contribution is 5.86. The maximum absolute atomic E-state index is 10.8. The molecule has 0 bridgehead atoms. The third-order valence-corrected chi connectivity index (χ3v) is 3.26. The van der Waals surface area contributed by atoms with E-state index in [1.165, 1.54) is 18.0 Å². The number of aryl methyl sites for hydroxylation is 2. The summed E-state index contributed by atoms with van der Waals surface area (Å²) in [7, 11) is 0. The lowest BCUT2D eigenvalue weighted by Crippen LogP contribution is -2.04. The SMILES string of the molecule is Cc1cc2ncn(-c3ncc(C(=O)O)cn3)c2cc1C. The average Bonchev–Trinajstić information content (AvgIpc) is 2.82. The van der Waals surface area contributed by atoms with Crippen molar-refractivity contribution in [3.63, 3.8) is 0 Å². The van der Waals surface area contributed by atoms with E-state index in [2.05, 4.69) is 15.0 Å². The third kappa shape index (κ3) is 1.91. The third-order valence-electron chi connectivity index (χ3n) is 3.26. The number of hydrogen-bond acceptors (Lipinski definition) is 4. The maximum Gasteiger partial charge on any atom is 0.338 e. The Morgan fingerprint density at radius 3 is 2.40 bits per heavy atom. The van der Waals surface area contributed by atoms with Gasteiger partial charge >= 0.3 is 5.97 Å². The Hall–Kier alpha value is -2.76. The molecule has 1 N–H and O–H groups in total. The molecule has 0 saturated heterocycles. The first-order valence-electron chi connectivity index (χ1n) is 6.06. The minimum absolute atomic E-state index is 0.0604. The normalized spacial score (nSPS) is 10.9.